The largest absolute Gasteiger partial charge is 0.357 e. The molecule has 0 amide bonds. The molecule has 3 aromatic rings. The van der Waals surface area contributed by atoms with Crippen molar-refractivity contribution in [2.75, 3.05) is 5.32 Å². The summed E-state index contributed by atoms with van der Waals surface area (Å²) in [4.78, 5) is 5.58. The maximum absolute atomic E-state index is 13.0. The molecule has 2 nitrogen and oxygen atoms in total. The monoisotopic (exact) mass is 342 g/mol. The van der Waals surface area contributed by atoms with E-state index < -0.39 is 0 Å². The Morgan fingerprint density at radius 1 is 1.33 bits per heavy atom. The van der Waals surface area contributed by atoms with Crippen molar-refractivity contribution >= 4 is 54.0 Å². The van der Waals surface area contributed by atoms with E-state index in [-0.39, 0.29) is 5.82 Å². The first-order chi connectivity index (χ1) is 8.70. The molecular formula is C12H8BrFN2S2. The fourth-order valence-electron chi connectivity index (χ4n) is 1.59. The van der Waals surface area contributed by atoms with Crippen molar-refractivity contribution in [3.63, 3.8) is 0 Å². The van der Waals surface area contributed by atoms with E-state index in [4.69, 9.17) is 0 Å². The summed E-state index contributed by atoms with van der Waals surface area (Å²) in [5.41, 5.74) is 0.704. The Kier molecular flexibility index (Phi) is 3.32. The number of nitrogens with zero attached hydrogens (tertiary/aromatic N) is 1. The molecule has 18 heavy (non-hydrogen) atoms. The highest BCUT2D eigenvalue weighted by Crippen LogP contribution is 2.27. The minimum atomic E-state index is -0.249. The van der Waals surface area contributed by atoms with E-state index in [0.29, 0.717) is 5.52 Å². The lowest BCUT2D eigenvalue weighted by molar-refractivity contribution is 0.629. The first kappa shape index (κ1) is 12.1. The molecule has 6 heteroatoms. The van der Waals surface area contributed by atoms with Crippen LogP contribution in [0.1, 0.15) is 4.88 Å². The van der Waals surface area contributed by atoms with Crippen molar-refractivity contribution in [1.29, 1.82) is 0 Å². The average molecular weight is 343 g/mol. The van der Waals surface area contributed by atoms with Crippen LogP contribution in [0, 0.1) is 5.82 Å². The summed E-state index contributed by atoms with van der Waals surface area (Å²) >= 11 is 6.64. The number of anilines is 1. The Morgan fingerprint density at radius 2 is 2.22 bits per heavy atom. The summed E-state index contributed by atoms with van der Waals surface area (Å²) in [7, 11) is 0. The van der Waals surface area contributed by atoms with Crippen molar-refractivity contribution in [2.45, 2.75) is 6.54 Å². The van der Waals surface area contributed by atoms with Crippen molar-refractivity contribution in [3.8, 4) is 0 Å². The van der Waals surface area contributed by atoms with E-state index in [9.17, 15) is 4.39 Å². The van der Waals surface area contributed by atoms with E-state index in [1.165, 1.54) is 28.3 Å². The molecule has 2 aromatic heterocycles. The van der Waals surface area contributed by atoms with E-state index in [2.05, 4.69) is 32.3 Å². The molecule has 0 unspecified atom stereocenters. The van der Waals surface area contributed by atoms with Gasteiger partial charge in [0.05, 0.1) is 16.8 Å². The molecule has 92 valence electrons. The van der Waals surface area contributed by atoms with Crippen LogP contribution in [0.25, 0.3) is 10.2 Å². The summed E-state index contributed by atoms with van der Waals surface area (Å²) in [6.07, 6.45) is 0. The molecule has 0 aliphatic rings. The van der Waals surface area contributed by atoms with E-state index in [1.54, 1.807) is 17.4 Å². The summed E-state index contributed by atoms with van der Waals surface area (Å²) in [5.74, 6) is -0.249. The first-order valence-corrected chi connectivity index (χ1v) is 7.72. The van der Waals surface area contributed by atoms with Crippen LogP contribution >= 0.6 is 38.6 Å². The smallest absolute Gasteiger partial charge is 0.184 e. The predicted molar refractivity (Wildman–Crippen MR) is 78.9 cm³/mol. The normalized spacial score (nSPS) is 11.0. The fourth-order valence-corrected chi connectivity index (χ4v) is 3.82. The minimum absolute atomic E-state index is 0.249. The Balaban J connectivity index is 1.78. The van der Waals surface area contributed by atoms with Crippen LogP contribution in [-0.2, 0) is 6.54 Å². The molecule has 1 aromatic carbocycles. The fraction of sp³-hybridized carbons (Fsp3) is 0.0833. The van der Waals surface area contributed by atoms with Gasteiger partial charge < -0.3 is 5.32 Å². The molecule has 0 fully saturated rings. The number of hydrogen-bond acceptors (Lipinski definition) is 4. The van der Waals surface area contributed by atoms with Crippen molar-refractivity contribution in [2.24, 2.45) is 0 Å². The van der Waals surface area contributed by atoms with Gasteiger partial charge in [-0.05, 0) is 34.1 Å². The van der Waals surface area contributed by atoms with Gasteiger partial charge >= 0.3 is 0 Å². The van der Waals surface area contributed by atoms with Gasteiger partial charge in [-0.2, -0.15) is 0 Å². The molecule has 0 bridgehead atoms. The molecule has 1 N–H and O–H groups in total. The van der Waals surface area contributed by atoms with Gasteiger partial charge in [-0.15, -0.1) is 11.3 Å². The van der Waals surface area contributed by atoms with Crippen molar-refractivity contribution in [1.82, 2.24) is 4.98 Å². The van der Waals surface area contributed by atoms with Gasteiger partial charge in [0.2, 0.25) is 0 Å². The van der Waals surface area contributed by atoms with Crippen molar-refractivity contribution < 1.29 is 4.39 Å². The molecule has 0 aliphatic heterocycles. The molecule has 0 radical (unpaired) electrons. The number of nitrogens with one attached hydrogen (secondary N) is 1. The number of thiazole rings is 1. The number of fused-ring (bicyclic) bond motifs is 1. The Labute approximate surface area is 120 Å². The van der Waals surface area contributed by atoms with Gasteiger partial charge in [-0.25, -0.2) is 9.37 Å². The molecular weight excluding hydrogens is 335 g/mol. The molecule has 0 aliphatic carbocycles. The zero-order chi connectivity index (χ0) is 12.5. The topological polar surface area (TPSA) is 24.9 Å². The van der Waals surface area contributed by atoms with Gasteiger partial charge in [0.25, 0.3) is 0 Å². The lowest BCUT2D eigenvalue weighted by atomic mass is 10.3. The van der Waals surface area contributed by atoms with E-state index in [0.717, 1.165) is 20.8 Å². The molecule has 0 saturated carbocycles. The highest BCUT2D eigenvalue weighted by Gasteiger charge is 2.05. The number of hydrogen-bond donors (Lipinski definition) is 1. The summed E-state index contributed by atoms with van der Waals surface area (Å²) in [6, 6.07) is 6.75. The quantitative estimate of drug-likeness (QED) is 0.734. The van der Waals surface area contributed by atoms with Crippen LogP contribution in [0.2, 0.25) is 0 Å². The van der Waals surface area contributed by atoms with E-state index >= 15 is 0 Å². The van der Waals surface area contributed by atoms with Gasteiger partial charge in [0.15, 0.2) is 5.13 Å². The standard InChI is InChI=1S/C12H8BrFN2S2/c13-7-3-9(17-6-7)5-15-12-16-10-4-8(14)1-2-11(10)18-12/h1-4,6H,5H2,(H,15,16). The van der Waals surface area contributed by atoms with E-state index in [1.807, 2.05) is 5.38 Å². The first-order valence-electron chi connectivity index (χ1n) is 5.23. The summed E-state index contributed by atoms with van der Waals surface area (Å²) < 4.78 is 15.1. The van der Waals surface area contributed by atoms with Crippen LogP contribution in [0.4, 0.5) is 9.52 Å². The number of aromatic nitrogens is 1. The number of thiophene rings is 1. The van der Waals surface area contributed by atoms with Crippen LogP contribution in [0.5, 0.6) is 0 Å². The zero-order valence-corrected chi connectivity index (χ0v) is 12.3. The van der Waals surface area contributed by atoms with Gasteiger partial charge in [-0.1, -0.05) is 11.3 Å². The minimum Gasteiger partial charge on any atom is -0.357 e. The number of halogens is 2. The van der Waals surface area contributed by atoms with Crippen LogP contribution in [0.15, 0.2) is 34.1 Å². The lowest BCUT2D eigenvalue weighted by Gasteiger charge is -1.98. The third-order valence-electron chi connectivity index (χ3n) is 2.39. The zero-order valence-electron chi connectivity index (χ0n) is 9.11. The predicted octanol–water partition coefficient (Wildman–Crippen LogP) is 4.87. The Bertz CT molecular complexity index is 692. The molecule has 2 heterocycles. The third kappa shape index (κ3) is 2.55. The number of rotatable bonds is 3. The van der Waals surface area contributed by atoms with Crippen LogP contribution < -0.4 is 5.32 Å². The van der Waals surface area contributed by atoms with Crippen molar-refractivity contribution in [3.05, 3.63) is 44.8 Å². The SMILES string of the molecule is Fc1ccc2sc(NCc3cc(Br)cs3)nc2c1. The van der Waals surface area contributed by atoms with Gasteiger partial charge in [0, 0.05) is 20.8 Å². The average Bonchev–Trinajstić information content (AvgIpc) is 2.92. The Morgan fingerprint density at radius 3 is 3.00 bits per heavy atom. The van der Waals surface area contributed by atoms with Gasteiger partial charge in [-0.3, -0.25) is 0 Å². The maximum Gasteiger partial charge on any atom is 0.184 e. The second-order valence-corrected chi connectivity index (χ2v) is 6.66. The van der Waals surface area contributed by atoms with Gasteiger partial charge in [0.1, 0.15) is 5.82 Å². The number of benzene rings is 1. The summed E-state index contributed by atoms with van der Waals surface area (Å²) in [6.45, 7) is 0.735. The highest BCUT2D eigenvalue weighted by atomic mass is 79.9. The third-order valence-corrected chi connectivity index (χ3v) is 5.08. The molecule has 0 saturated heterocycles. The molecule has 0 spiro atoms. The second-order valence-electron chi connectivity index (χ2n) is 3.72. The Hall–Kier alpha value is -0.980. The molecule has 3 rings (SSSR count). The molecule has 0 atom stereocenters. The second kappa shape index (κ2) is 4.95. The maximum atomic E-state index is 13.0. The van der Waals surface area contributed by atoms with Crippen LogP contribution in [0.3, 0.4) is 0 Å². The lowest BCUT2D eigenvalue weighted by Crippen LogP contribution is -1.95. The summed E-state index contributed by atoms with van der Waals surface area (Å²) in [5, 5.41) is 6.12. The highest BCUT2D eigenvalue weighted by molar-refractivity contribution is 9.10. The van der Waals surface area contributed by atoms with Crippen LogP contribution in [-0.4, -0.2) is 4.98 Å².